The van der Waals surface area contributed by atoms with Crippen molar-refractivity contribution >= 4 is 17.5 Å². The van der Waals surface area contributed by atoms with Crippen LogP contribution in [0.1, 0.15) is 43.0 Å². The van der Waals surface area contributed by atoms with E-state index in [1.165, 1.54) is 19.3 Å². The zero-order valence-corrected chi connectivity index (χ0v) is 15.6. The molecule has 1 saturated carbocycles. The van der Waals surface area contributed by atoms with Gasteiger partial charge in [-0.05, 0) is 55.2 Å². The molecule has 3 rings (SSSR count). The first kappa shape index (κ1) is 19.0. The number of carbonyl (C=O) groups excluding carboxylic acids is 2. The topological polar surface area (TPSA) is 67.4 Å². The number of hydrogen-bond donors (Lipinski definition) is 2. The third-order valence-electron chi connectivity index (χ3n) is 4.98. The van der Waals surface area contributed by atoms with Gasteiger partial charge in [0.05, 0.1) is 0 Å². The fourth-order valence-electron chi connectivity index (χ4n) is 3.36. The Morgan fingerprint density at radius 1 is 1.00 bits per heavy atom. The third kappa shape index (κ3) is 5.58. The van der Waals surface area contributed by atoms with Crippen molar-refractivity contribution in [3.05, 3.63) is 60.2 Å². The normalized spacial score (nSPS) is 19.1. The Labute approximate surface area is 160 Å². The van der Waals surface area contributed by atoms with E-state index < -0.39 is 0 Å². The van der Waals surface area contributed by atoms with Crippen molar-refractivity contribution in [2.45, 2.75) is 38.6 Å². The first-order chi connectivity index (χ1) is 13.1. The molecule has 0 aromatic heterocycles. The maximum absolute atomic E-state index is 12.1. The van der Waals surface area contributed by atoms with Gasteiger partial charge in [-0.2, -0.15) is 0 Å². The average Bonchev–Trinajstić information content (AvgIpc) is 2.70. The summed E-state index contributed by atoms with van der Waals surface area (Å²) < 4.78 is 5.56. The maximum atomic E-state index is 12.1. The number of anilines is 1. The van der Waals surface area contributed by atoms with Crippen LogP contribution in [0.25, 0.3) is 0 Å². The highest BCUT2D eigenvalue weighted by Crippen LogP contribution is 2.23. The number of benzene rings is 2. The lowest BCUT2D eigenvalue weighted by molar-refractivity contribution is -0.124. The number of amides is 2. The van der Waals surface area contributed by atoms with E-state index >= 15 is 0 Å². The molecule has 27 heavy (non-hydrogen) atoms. The Bertz CT molecular complexity index is 759. The van der Waals surface area contributed by atoms with Crippen molar-refractivity contribution in [3.63, 3.8) is 0 Å². The predicted octanol–water partition coefficient (Wildman–Crippen LogP) is 4.01. The molecule has 142 valence electrons. The summed E-state index contributed by atoms with van der Waals surface area (Å²) >= 11 is 0. The van der Waals surface area contributed by atoms with E-state index in [0.29, 0.717) is 22.9 Å². The fourth-order valence-corrected chi connectivity index (χ4v) is 3.36. The quantitative estimate of drug-likeness (QED) is 0.812. The Kier molecular flexibility index (Phi) is 6.47. The molecular weight excluding hydrogens is 340 g/mol. The van der Waals surface area contributed by atoms with Gasteiger partial charge in [-0.15, -0.1) is 0 Å². The molecule has 0 radical (unpaired) electrons. The number of rotatable bonds is 6. The van der Waals surface area contributed by atoms with Gasteiger partial charge in [0.2, 0.25) is 0 Å². The summed E-state index contributed by atoms with van der Waals surface area (Å²) in [5.74, 6) is 0.871. The first-order valence-electron chi connectivity index (χ1n) is 9.50. The minimum Gasteiger partial charge on any atom is -0.484 e. The van der Waals surface area contributed by atoms with Gasteiger partial charge in [0.25, 0.3) is 11.8 Å². The van der Waals surface area contributed by atoms with Crippen molar-refractivity contribution in [1.29, 1.82) is 0 Å². The van der Waals surface area contributed by atoms with E-state index in [0.717, 1.165) is 6.42 Å². The van der Waals surface area contributed by atoms with Crippen LogP contribution in [0.5, 0.6) is 5.75 Å². The lowest BCUT2D eigenvalue weighted by Gasteiger charge is -2.29. The maximum Gasteiger partial charge on any atom is 0.258 e. The van der Waals surface area contributed by atoms with E-state index in [4.69, 9.17) is 4.74 Å². The fraction of sp³-hybridized carbons (Fsp3) is 0.364. The summed E-state index contributed by atoms with van der Waals surface area (Å²) in [5.41, 5.74) is 1.28. The molecule has 2 amide bonds. The van der Waals surface area contributed by atoms with Crippen molar-refractivity contribution in [2.75, 3.05) is 11.9 Å². The Morgan fingerprint density at radius 2 is 1.70 bits per heavy atom. The molecule has 1 fully saturated rings. The van der Waals surface area contributed by atoms with E-state index in [-0.39, 0.29) is 24.5 Å². The summed E-state index contributed by atoms with van der Waals surface area (Å²) in [6.07, 6.45) is 4.63. The molecule has 2 aromatic rings. The second-order valence-corrected chi connectivity index (χ2v) is 7.07. The number of carbonyl (C=O) groups is 2. The molecule has 5 heteroatoms. The Hall–Kier alpha value is -2.82. The molecule has 0 unspecified atom stereocenters. The molecule has 0 spiro atoms. The van der Waals surface area contributed by atoms with E-state index in [2.05, 4.69) is 17.6 Å². The molecule has 0 saturated heterocycles. The highest BCUT2D eigenvalue weighted by molar-refractivity contribution is 6.04. The van der Waals surface area contributed by atoms with Crippen LogP contribution in [-0.4, -0.2) is 24.5 Å². The van der Waals surface area contributed by atoms with Gasteiger partial charge in [-0.3, -0.25) is 9.59 Å². The van der Waals surface area contributed by atoms with Crippen LogP contribution < -0.4 is 15.4 Å². The molecule has 1 aliphatic rings. The number of nitrogens with one attached hydrogen (secondary N) is 2. The van der Waals surface area contributed by atoms with Crippen LogP contribution in [0.4, 0.5) is 5.69 Å². The molecule has 0 bridgehead atoms. The minimum absolute atomic E-state index is 0.00105. The summed E-state index contributed by atoms with van der Waals surface area (Å²) in [4.78, 5) is 24.2. The number of hydrogen-bond acceptors (Lipinski definition) is 3. The lowest BCUT2D eigenvalue weighted by Crippen LogP contribution is -2.43. The molecule has 2 atom stereocenters. The Balaban J connectivity index is 1.46. The van der Waals surface area contributed by atoms with Crippen LogP contribution in [0, 0.1) is 5.92 Å². The lowest BCUT2D eigenvalue weighted by atomic mass is 9.86. The van der Waals surface area contributed by atoms with Gasteiger partial charge in [-0.1, -0.05) is 38.0 Å². The SMILES string of the molecule is C[C@@H]1CCCC[C@H]1NC(=O)COc1ccc(NC(=O)c2ccccc2)cc1. The van der Waals surface area contributed by atoms with Gasteiger partial charge in [0.1, 0.15) is 5.75 Å². The van der Waals surface area contributed by atoms with Crippen LogP contribution in [0.15, 0.2) is 54.6 Å². The van der Waals surface area contributed by atoms with Crippen LogP contribution >= 0.6 is 0 Å². The summed E-state index contributed by atoms with van der Waals surface area (Å²) in [7, 11) is 0. The smallest absolute Gasteiger partial charge is 0.258 e. The zero-order chi connectivity index (χ0) is 19.1. The van der Waals surface area contributed by atoms with Crippen molar-refractivity contribution in [3.8, 4) is 5.75 Å². The third-order valence-corrected chi connectivity index (χ3v) is 4.98. The van der Waals surface area contributed by atoms with Crippen LogP contribution in [-0.2, 0) is 4.79 Å². The summed E-state index contributed by atoms with van der Waals surface area (Å²) in [6, 6.07) is 16.3. The van der Waals surface area contributed by atoms with Crippen molar-refractivity contribution in [1.82, 2.24) is 5.32 Å². The van der Waals surface area contributed by atoms with E-state index in [1.54, 1.807) is 36.4 Å². The highest BCUT2D eigenvalue weighted by atomic mass is 16.5. The van der Waals surface area contributed by atoms with Gasteiger partial charge in [-0.25, -0.2) is 0 Å². The van der Waals surface area contributed by atoms with Gasteiger partial charge in [0, 0.05) is 17.3 Å². The largest absolute Gasteiger partial charge is 0.484 e. The second kappa shape index (κ2) is 9.21. The first-order valence-corrected chi connectivity index (χ1v) is 9.50. The van der Waals surface area contributed by atoms with Gasteiger partial charge >= 0.3 is 0 Å². The monoisotopic (exact) mass is 366 g/mol. The molecule has 2 aromatic carbocycles. The summed E-state index contributed by atoms with van der Waals surface area (Å²) in [6.45, 7) is 2.19. The standard InChI is InChI=1S/C22H26N2O3/c1-16-7-5-6-10-20(16)24-21(25)15-27-19-13-11-18(12-14-19)23-22(26)17-8-3-2-4-9-17/h2-4,8-9,11-14,16,20H,5-7,10,15H2,1H3,(H,23,26)(H,24,25)/t16-,20-/m1/s1. The van der Waals surface area contributed by atoms with E-state index in [9.17, 15) is 9.59 Å². The summed E-state index contributed by atoms with van der Waals surface area (Å²) in [5, 5.41) is 5.91. The van der Waals surface area contributed by atoms with Gasteiger partial charge < -0.3 is 15.4 Å². The van der Waals surface area contributed by atoms with Crippen molar-refractivity contribution < 1.29 is 14.3 Å². The van der Waals surface area contributed by atoms with E-state index in [1.807, 2.05) is 18.2 Å². The van der Waals surface area contributed by atoms with Gasteiger partial charge in [0.15, 0.2) is 6.61 Å². The molecule has 0 aliphatic heterocycles. The Morgan fingerprint density at radius 3 is 2.41 bits per heavy atom. The second-order valence-electron chi connectivity index (χ2n) is 7.07. The molecular formula is C22H26N2O3. The molecule has 1 aliphatic carbocycles. The average molecular weight is 366 g/mol. The van der Waals surface area contributed by atoms with Crippen molar-refractivity contribution in [2.24, 2.45) is 5.92 Å². The number of ether oxygens (including phenoxy) is 1. The molecule has 2 N–H and O–H groups in total. The van der Waals surface area contributed by atoms with Crippen LogP contribution in [0.2, 0.25) is 0 Å². The molecule has 5 nitrogen and oxygen atoms in total. The molecule has 0 heterocycles. The zero-order valence-electron chi connectivity index (χ0n) is 15.6. The minimum atomic E-state index is -0.162. The highest BCUT2D eigenvalue weighted by Gasteiger charge is 2.22. The van der Waals surface area contributed by atoms with Crippen LogP contribution in [0.3, 0.4) is 0 Å². The predicted molar refractivity (Wildman–Crippen MR) is 106 cm³/mol.